The fourth-order valence-corrected chi connectivity index (χ4v) is 1.70. The molecule has 0 spiro atoms. The topological polar surface area (TPSA) is 65.4 Å². The van der Waals surface area contributed by atoms with E-state index in [-0.39, 0.29) is 6.03 Å². The first-order chi connectivity index (χ1) is 9.74. The second-order valence-corrected chi connectivity index (χ2v) is 3.93. The van der Waals surface area contributed by atoms with Crippen LogP contribution in [0, 0.1) is 0 Å². The van der Waals surface area contributed by atoms with Crippen LogP contribution in [0.1, 0.15) is 13.8 Å². The molecule has 0 saturated carbocycles. The van der Waals surface area contributed by atoms with Crippen molar-refractivity contribution in [2.75, 3.05) is 18.5 Å². The zero-order chi connectivity index (χ0) is 14.4. The Hall–Kier alpha value is -2.50. The Balaban J connectivity index is 2.16. The molecule has 0 saturated heterocycles. The summed E-state index contributed by atoms with van der Waals surface area (Å²) in [7, 11) is 0. The van der Waals surface area contributed by atoms with Gasteiger partial charge in [-0.05, 0) is 26.0 Å². The van der Waals surface area contributed by atoms with E-state index in [1.54, 1.807) is 30.6 Å². The van der Waals surface area contributed by atoms with Gasteiger partial charge in [0.1, 0.15) is 6.33 Å². The Morgan fingerprint density at radius 3 is 2.65 bits per heavy atom. The summed E-state index contributed by atoms with van der Waals surface area (Å²) in [5.41, 5.74) is 0.635. The molecule has 106 valence electrons. The molecule has 0 fully saturated rings. The van der Waals surface area contributed by atoms with Crippen molar-refractivity contribution in [1.82, 2.24) is 9.55 Å². The fraction of sp³-hybridized carbons (Fsp3) is 0.286. The summed E-state index contributed by atoms with van der Waals surface area (Å²) < 4.78 is 12.3. The summed E-state index contributed by atoms with van der Waals surface area (Å²) in [6, 6.07) is 5.00. The van der Waals surface area contributed by atoms with E-state index in [0.717, 1.165) is 0 Å². The van der Waals surface area contributed by atoms with E-state index in [1.807, 2.05) is 13.8 Å². The lowest BCUT2D eigenvalue weighted by Gasteiger charge is -2.13. The Labute approximate surface area is 117 Å². The first kappa shape index (κ1) is 13.9. The van der Waals surface area contributed by atoms with Crippen LogP contribution < -0.4 is 14.8 Å². The van der Waals surface area contributed by atoms with Crippen molar-refractivity contribution in [1.29, 1.82) is 0 Å². The van der Waals surface area contributed by atoms with Gasteiger partial charge in [0.15, 0.2) is 11.5 Å². The molecule has 0 atom stereocenters. The van der Waals surface area contributed by atoms with Crippen LogP contribution in [0.4, 0.5) is 10.5 Å². The molecular weight excluding hydrogens is 258 g/mol. The van der Waals surface area contributed by atoms with Crippen LogP contribution in [-0.4, -0.2) is 28.8 Å². The number of carbonyl (C=O) groups excluding carboxylic acids is 1. The number of imidazole rings is 1. The van der Waals surface area contributed by atoms with Crippen LogP contribution in [0.2, 0.25) is 0 Å². The lowest BCUT2D eigenvalue weighted by molar-refractivity contribution is 0.253. The van der Waals surface area contributed by atoms with Crippen LogP contribution in [0.25, 0.3) is 0 Å². The van der Waals surface area contributed by atoms with Gasteiger partial charge >= 0.3 is 6.03 Å². The third-order valence-electron chi connectivity index (χ3n) is 2.53. The number of carbonyl (C=O) groups is 1. The summed E-state index contributed by atoms with van der Waals surface area (Å²) in [6.07, 6.45) is 4.56. The molecule has 0 aliphatic heterocycles. The van der Waals surface area contributed by atoms with Gasteiger partial charge in [-0.3, -0.25) is 4.57 Å². The minimum absolute atomic E-state index is 0.283. The quantitative estimate of drug-likeness (QED) is 0.911. The number of aromatic nitrogens is 2. The largest absolute Gasteiger partial charge is 0.490 e. The Morgan fingerprint density at radius 2 is 2.00 bits per heavy atom. The minimum Gasteiger partial charge on any atom is -0.490 e. The van der Waals surface area contributed by atoms with E-state index < -0.39 is 0 Å². The number of rotatable bonds is 5. The number of nitrogens with one attached hydrogen (secondary N) is 1. The standard InChI is InChI=1S/C14H17N3O3/c1-3-19-12-6-5-11(9-13(12)20-4-2)16-14(18)17-8-7-15-10-17/h5-10H,3-4H2,1-2H3,(H,16,18). The summed E-state index contributed by atoms with van der Waals surface area (Å²) in [4.78, 5) is 15.7. The molecule has 1 amide bonds. The maximum atomic E-state index is 11.9. The number of ether oxygens (including phenoxy) is 2. The highest BCUT2D eigenvalue weighted by molar-refractivity contribution is 5.91. The smallest absolute Gasteiger partial charge is 0.331 e. The predicted molar refractivity (Wildman–Crippen MR) is 75.4 cm³/mol. The summed E-state index contributed by atoms with van der Waals surface area (Å²) in [5.74, 6) is 1.27. The second-order valence-electron chi connectivity index (χ2n) is 3.93. The van der Waals surface area contributed by atoms with E-state index in [2.05, 4.69) is 10.3 Å². The van der Waals surface area contributed by atoms with Gasteiger partial charge in [0.05, 0.1) is 13.2 Å². The highest BCUT2D eigenvalue weighted by atomic mass is 16.5. The SMILES string of the molecule is CCOc1ccc(NC(=O)n2ccnc2)cc1OCC. The van der Waals surface area contributed by atoms with E-state index in [9.17, 15) is 4.79 Å². The molecule has 0 aliphatic carbocycles. The summed E-state index contributed by atoms with van der Waals surface area (Å²) in [5, 5.41) is 2.76. The van der Waals surface area contributed by atoms with E-state index >= 15 is 0 Å². The van der Waals surface area contributed by atoms with Crippen LogP contribution in [0.5, 0.6) is 11.5 Å². The van der Waals surface area contributed by atoms with Gasteiger partial charge in [-0.1, -0.05) is 0 Å². The third kappa shape index (κ3) is 3.28. The molecule has 6 nitrogen and oxygen atoms in total. The van der Waals surface area contributed by atoms with Gasteiger partial charge in [0, 0.05) is 24.1 Å². The molecule has 1 heterocycles. The van der Waals surface area contributed by atoms with Gasteiger partial charge in [-0.25, -0.2) is 9.78 Å². The number of hydrogen-bond donors (Lipinski definition) is 1. The maximum Gasteiger partial charge on any atom is 0.331 e. The van der Waals surface area contributed by atoms with Gasteiger partial charge in [-0.2, -0.15) is 0 Å². The number of anilines is 1. The maximum absolute atomic E-state index is 11.9. The molecule has 2 rings (SSSR count). The van der Waals surface area contributed by atoms with Crippen molar-refractivity contribution in [2.45, 2.75) is 13.8 Å². The van der Waals surface area contributed by atoms with Gasteiger partial charge in [0.2, 0.25) is 0 Å². The first-order valence-electron chi connectivity index (χ1n) is 6.43. The lowest BCUT2D eigenvalue weighted by atomic mass is 10.2. The van der Waals surface area contributed by atoms with Crippen molar-refractivity contribution < 1.29 is 14.3 Å². The predicted octanol–water partition coefficient (Wildman–Crippen LogP) is 2.76. The normalized spacial score (nSPS) is 10.1. The zero-order valence-electron chi connectivity index (χ0n) is 11.5. The van der Waals surface area contributed by atoms with Crippen molar-refractivity contribution in [3.05, 3.63) is 36.9 Å². The lowest BCUT2D eigenvalue weighted by Crippen LogP contribution is -2.17. The van der Waals surface area contributed by atoms with Crippen molar-refractivity contribution >= 4 is 11.7 Å². The fourth-order valence-electron chi connectivity index (χ4n) is 1.70. The molecule has 0 bridgehead atoms. The highest BCUT2D eigenvalue weighted by Crippen LogP contribution is 2.30. The number of amides is 1. The van der Waals surface area contributed by atoms with Gasteiger partial charge in [0.25, 0.3) is 0 Å². The number of nitrogens with zero attached hydrogens (tertiary/aromatic N) is 2. The zero-order valence-corrected chi connectivity index (χ0v) is 11.5. The second kappa shape index (κ2) is 6.60. The molecular formula is C14H17N3O3. The molecule has 6 heteroatoms. The number of hydrogen-bond acceptors (Lipinski definition) is 4. The molecule has 0 radical (unpaired) electrons. The molecule has 20 heavy (non-hydrogen) atoms. The summed E-state index contributed by atoms with van der Waals surface area (Å²) >= 11 is 0. The summed E-state index contributed by atoms with van der Waals surface area (Å²) in [6.45, 7) is 4.89. The average molecular weight is 275 g/mol. The molecule has 0 aliphatic rings. The Kier molecular flexibility index (Phi) is 4.60. The molecule has 0 unspecified atom stereocenters. The molecule has 1 aromatic heterocycles. The number of benzene rings is 1. The Morgan fingerprint density at radius 1 is 1.25 bits per heavy atom. The van der Waals surface area contributed by atoms with Gasteiger partial charge < -0.3 is 14.8 Å². The molecule has 1 N–H and O–H groups in total. The van der Waals surface area contributed by atoms with Crippen molar-refractivity contribution in [3.63, 3.8) is 0 Å². The van der Waals surface area contributed by atoms with Crippen LogP contribution in [0.3, 0.4) is 0 Å². The first-order valence-corrected chi connectivity index (χ1v) is 6.43. The molecule has 1 aromatic carbocycles. The Bertz CT molecular complexity index is 567. The van der Waals surface area contributed by atoms with Crippen molar-refractivity contribution in [2.24, 2.45) is 0 Å². The monoisotopic (exact) mass is 275 g/mol. The van der Waals surface area contributed by atoms with E-state index in [4.69, 9.17) is 9.47 Å². The molecule has 2 aromatic rings. The van der Waals surface area contributed by atoms with Crippen molar-refractivity contribution in [3.8, 4) is 11.5 Å². The van der Waals surface area contributed by atoms with Crippen LogP contribution >= 0.6 is 0 Å². The minimum atomic E-state index is -0.283. The van der Waals surface area contributed by atoms with Crippen LogP contribution in [-0.2, 0) is 0 Å². The van der Waals surface area contributed by atoms with E-state index in [1.165, 1.54) is 10.9 Å². The average Bonchev–Trinajstić information content (AvgIpc) is 2.96. The highest BCUT2D eigenvalue weighted by Gasteiger charge is 2.09. The van der Waals surface area contributed by atoms with Gasteiger partial charge in [-0.15, -0.1) is 0 Å². The third-order valence-corrected chi connectivity index (χ3v) is 2.53. The van der Waals surface area contributed by atoms with E-state index in [0.29, 0.717) is 30.4 Å². The van der Waals surface area contributed by atoms with Crippen LogP contribution in [0.15, 0.2) is 36.9 Å².